The molecule has 78 valence electrons. The third-order valence-corrected chi connectivity index (χ3v) is 1.83. The van der Waals surface area contributed by atoms with Crippen LogP contribution in [0.3, 0.4) is 0 Å². The maximum absolute atomic E-state index is 11.1. The van der Waals surface area contributed by atoms with Crippen LogP contribution in [0.15, 0.2) is 22.1 Å². The average Bonchev–Trinajstić information content (AvgIpc) is 2.55. The van der Waals surface area contributed by atoms with Gasteiger partial charge in [0.25, 0.3) is 0 Å². The summed E-state index contributed by atoms with van der Waals surface area (Å²) in [6, 6.07) is 1.72. The smallest absolute Gasteiger partial charge is 0.323 e. The van der Waals surface area contributed by atoms with Gasteiger partial charge >= 0.3 is 5.69 Å². The minimum Gasteiger partial charge on any atom is -0.369 e. The predicted octanol–water partition coefficient (Wildman–Crippen LogP) is 0.473. The van der Waals surface area contributed by atoms with Crippen molar-refractivity contribution in [2.75, 3.05) is 14.1 Å². The Kier molecular flexibility index (Phi) is 2.24. The molecule has 0 fully saturated rings. The zero-order valence-corrected chi connectivity index (χ0v) is 8.48. The van der Waals surface area contributed by atoms with E-state index in [9.17, 15) is 4.79 Å². The third-order valence-electron chi connectivity index (χ3n) is 1.83. The molecule has 0 spiro atoms. The number of rotatable bonds is 2. The average molecular weight is 205 g/mol. The normalized spacial score (nSPS) is 11.3. The van der Waals surface area contributed by atoms with Gasteiger partial charge in [0.05, 0.1) is 11.9 Å². The van der Waals surface area contributed by atoms with E-state index in [1.807, 2.05) is 14.1 Å². The van der Waals surface area contributed by atoms with Crippen molar-refractivity contribution in [3.05, 3.63) is 22.7 Å². The second-order valence-electron chi connectivity index (χ2n) is 3.34. The summed E-state index contributed by atoms with van der Waals surface area (Å²) in [6.45, 7) is 0. The van der Waals surface area contributed by atoms with Gasteiger partial charge in [0.1, 0.15) is 5.52 Å². The van der Waals surface area contributed by atoms with Gasteiger partial charge in [-0.05, 0) is 6.07 Å². The van der Waals surface area contributed by atoms with E-state index in [1.54, 1.807) is 23.5 Å². The molecule has 6 heteroatoms. The molecule has 2 heterocycles. The highest BCUT2D eigenvalue weighted by atomic mass is 16.1. The Morgan fingerprint density at radius 3 is 3.00 bits per heavy atom. The summed E-state index contributed by atoms with van der Waals surface area (Å²) in [4.78, 5) is 26.4. The molecular formula is C9H11N5O. The summed E-state index contributed by atoms with van der Waals surface area (Å²) in [5, 5.41) is 0. The molecule has 0 radical (unpaired) electrons. The fourth-order valence-corrected chi connectivity index (χ4v) is 1.21. The SMILES string of the molecule is CN(C)C=Nc1nccc2[nH]c(=O)[nH]c12. The van der Waals surface area contributed by atoms with Crippen LogP contribution in [-0.2, 0) is 0 Å². The molecule has 15 heavy (non-hydrogen) atoms. The second-order valence-corrected chi connectivity index (χ2v) is 3.34. The molecule has 0 saturated carbocycles. The monoisotopic (exact) mass is 205 g/mol. The van der Waals surface area contributed by atoms with Gasteiger partial charge in [-0.2, -0.15) is 0 Å². The zero-order valence-electron chi connectivity index (χ0n) is 8.48. The number of pyridine rings is 1. The van der Waals surface area contributed by atoms with E-state index in [0.717, 1.165) is 0 Å². The van der Waals surface area contributed by atoms with Gasteiger partial charge in [0.15, 0.2) is 5.82 Å². The lowest BCUT2D eigenvalue weighted by Crippen LogP contribution is -2.07. The molecule has 0 unspecified atom stereocenters. The van der Waals surface area contributed by atoms with E-state index in [1.165, 1.54) is 0 Å². The van der Waals surface area contributed by atoms with Gasteiger partial charge in [-0.1, -0.05) is 0 Å². The fourth-order valence-electron chi connectivity index (χ4n) is 1.21. The molecule has 0 atom stereocenters. The zero-order chi connectivity index (χ0) is 10.8. The molecule has 0 aliphatic carbocycles. The molecule has 0 saturated heterocycles. The molecule has 0 aromatic carbocycles. The van der Waals surface area contributed by atoms with E-state index in [4.69, 9.17) is 0 Å². The summed E-state index contributed by atoms with van der Waals surface area (Å²) < 4.78 is 0. The first-order chi connectivity index (χ1) is 7.16. The first-order valence-electron chi connectivity index (χ1n) is 4.44. The predicted molar refractivity (Wildman–Crippen MR) is 58.6 cm³/mol. The highest BCUT2D eigenvalue weighted by Crippen LogP contribution is 2.17. The maximum atomic E-state index is 11.1. The van der Waals surface area contributed by atoms with Crippen molar-refractivity contribution in [3.8, 4) is 0 Å². The molecule has 2 aromatic rings. The molecule has 0 bridgehead atoms. The Morgan fingerprint density at radius 1 is 1.47 bits per heavy atom. The first kappa shape index (κ1) is 9.45. The van der Waals surface area contributed by atoms with Crippen molar-refractivity contribution in [3.63, 3.8) is 0 Å². The van der Waals surface area contributed by atoms with Gasteiger partial charge in [0, 0.05) is 20.3 Å². The lowest BCUT2D eigenvalue weighted by atomic mass is 10.4. The molecule has 6 nitrogen and oxygen atoms in total. The largest absolute Gasteiger partial charge is 0.369 e. The number of fused-ring (bicyclic) bond motifs is 1. The van der Waals surface area contributed by atoms with Crippen LogP contribution in [0.2, 0.25) is 0 Å². The molecule has 2 rings (SSSR count). The summed E-state index contributed by atoms with van der Waals surface area (Å²) in [6.07, 6.45) is 3.24. The third kappa shape index (κ3) is 1.88. The van der Waals surface area contributed by atoms with Crippen LogP contribution >= 0.6 is 0 Å². The molecule has 0 aliphatic heterocycles. The van der Waals surface area contributed by atoms with Crippen LogP contribution in [0.25, 0.3) is 11.0 Å². The van der Waals surface area contributed by atoms with Crippen LogP contribution < -0.4 is 5.69 Å². The number of aromatic amines is 2. The topological polar surface area (TPSA) is 77.1 Å². The minimum absolute atomic E-state index is 0.251. The summed E-state index contributed by atoms with van der Waals surface area (Å²) in [5.74, 6) is 0.500. The molecule has 2 N–H and O–H groups in total. The number of hydrogen-bond acceptors (Lipinski definition) is 3. The highest BCUT2D eigenvalue weighted by Gasteiger charge is 2.03. The number of imidazole rings is 1. The van der Waals surface area contributed by atoms with Crippen molar-refractivity contribution in [2.45, 2.75) is 0 Å². The summed E-state index contributed by atoms with van der Waals surface area (Å²) in [7, 11) is 3.73. The quantitative estimate of drug-likeness (QED) is 0.552. The molecule has 0 aliphatic rings. The van der Waals surface area contributed by atoms with Crippen molar-refractivity contribution < 1.29 is 0 Å². The molecular weight excluding hydrogens is 194 g/mol. The lowest BCUT2D eigenvalue weighted by molar-refractivity contribution is 0.643. The van der Waals surface area contributed by atoms with E-state index < -0.39 is 0 Å². The standard InChI is InChI=1S/C9H11N5O/c1-14(2)5-11-8-7-6(3-4-10-8)12-9(15)13-7/h3-5H,1-2H3,(H2,12,13,15). The van der Waals surface area contributed by atoms with Gasteiger partial charge in [-0.15, -0.1) is 0 Å². The molecule has 0 amide bonds. The van der Waals surface area contributed by atoms with E-state index in [2.05, 4.69) is 19.9 Å². The Morgan fingerprint density at radius 2 is 2.27 bits per heavy atom. The van der Waals surface area contributed by atoms with Gasteiger partial charge < -0.3 is 14.9 Å². The number of nitrogens with zero attached hydrogens (tertiary/aromatic N) is 3. The Labute approximate surface area is 85.7 Å². The van der Waals surface area contributed by atoms with Crippen LogP contribution in [0.1, 0.15) is 0 Å². The van der Waals surface area contributed by atoms with Crippen molar-refractivity contribution in [1.29, 1.82) is 0 Å². The van der Waals surface area contributed by atoms with E-state index in [-0.39, 0.29) is 5.69 Å². The van der Waals surface area contributed by atoms with Crippen molar-refractivity contribution in [1.82, 2.24) is 19.9 Å². The molecule has 2 aromatic heterocycles. The number of hydrogen-bond donors (Lipinski definition) is 2. The fraction of sp³-hybridized carbons (Fsp3) is 0.222. The van der Waals surface area contributed by atoms with Gasteiger partial charge in [0.2, 0.25) is 0 Å². The Bertz CT molecular complexity index is 551. The first-order valence-corrected chi connectivity index (χ1v) is 4.44. The number of nitrogens with one attached hydrogen (secondary N) is 2. The van der Waals surface area contributed by atoms with Crippen LogP contribution in [-0.4, -0.2) is 40.3 Å². The van der Waals surface area contributed by atoms with E-state index in [0.29, 0.717) is 16.9 Å². The van der Waals surface area contributed by atoms with E-state index >= 15 is 0 Å². The number of H-pyrrole nitrogens is 2. The van der Waals surface area contributed by atoms with Crippen molar-refractivity contribution >= 4 is 23.2 Å². The number of aliphatic imine (C=N–C) groups is 1. The lowest BCUT2D eigenvalue weighted by Gasteiger charge is -2.01. The van der Waals surface area contributed by atoms with Crippen LogP contribution in [0, 0.1) is 0 Å². The summed E-state index contributed by atoms with van der Waals surface area (Å²) in [5.41, 5.74) is 1.08. The van der Waals surface area contributed by atoms with Crippen molar-refractivity contribution in [2.24, 2.45) is 4.99 Å². The van der Waals surface area contributed by atoms with Crippen LogP contribution in [0.5, 0.6) is 0 Å². The summed E-state index contributed by atoms with van der Waals surface area (Å²) >= 11 is 0. The Hall–Kier alpha value is -2.11. The maximum Gasteiger partial charge on any atom is 0.323 e. The Balaban J connectivity index is 2.55. The van der Waals surface area contributed by atoms with Gasteiger partial charge in [-0.3, -0.25) is 0 Å². The highest BCUT2D eigenvalue weighted by molar-refractivity contribution is 5.85. The minimum atomic E-state index is -0.251. The van der Waals surface area contributed by atoms with Gasteiger partial charge in [-0.25, -0.2) is 14.8 Å². The number of aromatic nitrogens is 3. The van der Waals surface area contributed by atoms with Crippen LogP contribution in [0.4, 0.5) is 5.82 Å². The second kappa shape index (κ2) is 3.56.